The van der Waals surface area contributed by atoms with Gasteiger partial charge < -0.3 is 9.84 Å². The third kappa shape index (κ3) is 2.52. The summed E-state index contributed by atoms with van der Waals surface area (Å²) >= 11 is 0. The lowest BCUT2D eigenvalue weighted by Gasteiger charge is -2.55. The Labute approximate surface area is 178 Å². The molecule has 10 atom stereocenters. The van der Waals surface area contributed by atoms with Gasteiger partial charge in [-0.2, -0.15) is 0 Å². The molecule has 0 aliphatic heterocycles. The minimum atomic E-state index is -0.530. The average molecular weight is 414 g/mol. The van der Waals surface area contributed by atoms with Gasteiger partial charge in [0, 0.05) is 25.1 Å². The van der Waals surface area contributed by atoms with Gasteiger partial charge in [0.25, 0.3) is 0 Å². The third-order valence-electron chi connectivity index (χ3n) is 10.5. The van der Waals surface area contributed by atoms with Gasteiger partial charge in [0.1, 0.15) is 6.54 Å². The molecule has 1 N–H and O–H groups in total. The van der Waals surface area contributed by atoms with Gasteiger partial charge in [-0.3, -0.25) is 4.79 Å². The van der Waals surface area contributed by atoms with Crippen LogP contribution in [0.4, 0.5) is 0 Å². The van der Waals surface area contributed by atoms with Gasteiger partial charge in [0.15, 0.2) is 5.78 Å². The molecule has 5 aliphatic rings. The van der Waals surface area contributed by atoms with Gasteiger partial charge in [-0.25, -0.2) is 4.68 Å². The number of methoxy groups -OCH3 is 1. The zero-order valence-corrected chi connectivity index (χ0v) is 18.2. The molecule has 0 spiro atoms. The molecule has 164 valence electrons. The van der Waals surface area contributed by atoms with Crippen LogP contribution in [-0.4, -0.2) is 44.7 Å². The van der Waals surface area contributed by atoms with Crippen molar-refractivity contribution in [2.45, 2.75) is 76.5 Å². The van der Waals surface area contributed by atoms with E-state index >= 15 is 0 Å². The zero-order valence-electron chi connectivity index (χ0n) is 18.2. The minimum Gasteiger partial charge on any atom is -0.387 e. The number of nitrogens with zero attached hydrogens (tertiary/aromatic N) is 3. The Morgan fingerprint density at radius 1 is 1.10 bits per heavy atom. The Kier molecular flexibility index (Phi) is 4.28. The second-order valence-electron chi connectivity index (χ2n) is 11.3. The highest BCUT2D eigenvalue weighted by Gasteiger charge is 2.72. The van der Waals surface area contributed by atoms with Gasteiger partial charge in [0.05, 0.1) is 17.9 Å². The number of carbonyl (C=O) groups excluding carboxylic acids is 1. The van der Waals surface area contributed by atoms with Gasteiger partial charge in [-0.15, -0.1) is 5.10 Å². The Bertz CT molecular complexity index is 828. The summed E-state index contributed by atoms with van der Waals surface area (Å²) in [4.78, 5) is 13.2. The molecule has 1 heterocycles. The molecule has 30 heavy (non-hydrogen) atoms. The van der Waals surface area contributed by atoms with Crippen molar-refractivity contribution in [3.8, 4) is 0 Å². The lowest BCUT2D eigenvalue weighted by Crippen LogP contribution is -2.50. The van der Waals surface area contributed by atoms with Crippen LogP contribution < -0.4 is 0 Å². The van der Waals surface area contributed by atoms with Crippen molar-refractivity contribution in [3.63, 3.8) is 0 Å². The zero-order chi connectivity index (χ0) is 20.7. The molecule has 5 fully saturated rings. The maximum Gasteiger partial charge on any atom is 0.157 e. The van der Waals surface area contributed by atoms with Gasteiger partial charge in [-0.1, -0.05) is 12.1 Å². The summed E-state index contributed by atoms with van der Waals surface area (Å²) in [5.41, 5.74) is -0.381. The Hall–Kier alpha value is -1.27. The van der Waals surface area contributed by atoms with E-state index in [-0.39, 0.29) is 17.4 Å². The Balaban J connectivity index is 1.20. The highest BCUT2D eigenvalue weighted by atomic mass is 16.5. The summed E-state index contributed by atoms with van der Waals surface area (Å²) in [6.45, 7) is 2.78. The predicted octanol–water partition coefficient (Wildman–Crippen LogP) is 3.10. The molecular weight excluding hydrogens is 378 g/mol. The van der Waals surface area contributed by atoms with Gasteiger partial charge in [-0.05, 0) is 86.4 Å². The largest absolute Gasteiger partial charge is 0.387 e. The summed E-state index contributed by atoms with van der Waals surface area (Å²) in [6, 6.07) is 0. The van der Waals surface area contributed by atoms with Crippen LogP contribution in [0.3, 0.4) is 0 Å². The molecule has 5 saturated carbocycles. The topological polar surface area (TPSA) is 77.2 Å². The first-order chi connectivity index (χ1) is 14.5. The smallest absolute Gasteiger partial charge is 0.157 e. The molecule has 6 rings (SSSR count). The lowest BCUT2D eigenvalue weighted by molar-refractivity contribution is -0.131. The van der Waals surface area contributed by atoms with E-state index in [0.29, 0.717) is 30.1 Å². The van der Waals surface area contributed by atoms with E-state index in [1.807, 2.05) is 0 Å². The van der Waals surface area contributed by atoms with Crippen molar-refractivity contribution >= 4 is 5.78 Å². The van der Waals surface area contributed by atoms with Crippen molar-refractivity contribution in [1.29, 1.82) is 0 Å². The van der Waals surface area contributed by atoms with Crippen LogP contribution in [0.5, 0.6) is 0 Å². The fourth-order valence-corrected chi connectivity index (χ4v) is 9.24. The normalized spacial score (nSPS) is 51.4. The Morgan fingerprint density at radius 3 is 2.63 bits per heavy atom. The molecule has 1 aromatic rings. The van der Waals surface area contributed by atoms with E-state index in [1.165, 1.54) is 32.1 Å². The second kappa shape index (κ2) is 6.61. The van der Waals surface area contributed by atoms with E-state index in [4.69, 9.17) is 4.74 Å². The summed E-state index contributed by atoms with van der Waals surface area (Å²) in [5, 5.41) is 18.8. The number of aromatic nitrogens is 3. The molecule has 0 saturated heterocycles. The highest BCUT2D eigenvalue weighted by Crippen LogP contribution is 2.69. The monoisotopic (exact) mass is 413 g/mol. The summed E-state index contributed by atoms with van der Waals surface area (Å²) in [5.74, 6) is 4.52. The first-order valence-electron chi connectivity index (χ1n) is 12.1. The Morgan fingerprint density at radius 2 is 1.87 bits per heavy atom. The fourth-order valence-electron chi connectivity index (χ4n) is 9.24. The van der Waals surface area contributed by atoms with E-state index < -0.39 is 5.60 Å². The van der Waals surface area contributed by atoms with Crippen LogP contribution in [-0.2, 0) is 16.1 Å². The van der Waals surface area contributed by atoms with Crippen LogP contribution in [0.15, 0.2) is 12.4 Å². The SMILES string of the molecule is COC1C2[C@H]3CC[C@@H]4[C@H](CC[C@]5(C)[C@@H](C(=O)Cn6ccnn6)CC[C@@H]45)[C@H]3CC[C@]12O. The molecular formula is C24H35N3O3. The van der Waals surface area contributed by atoms with E-state index in [1.54, 1.807) is 24.2 Å². The number of hydrogen-bond donors (Lipinski definition) is 1. The molecule has 6 nitrogen and oxygen atoms in total. The minimum absolute atomic E-state index is 0.0724. The number of fused-ring (bicyclic) bond motifs is 7. The van der Waals surface area contributed by atoms with Crippen LogP contribution in [0.1, 0.15) is 58.3 Å². The summed E-state index contributed by atoms with van der Waals surface area (Å²) in [7, 11) is 1.77. The van der Waals surface area contributed by atoms with Crippen molar-refractivity contribution in [2.75, 3.05) is 7.11 Å². The maximum atomic E-state index is 13.2. The predicted molar refractivity (Wildman–Crippen MR) is 110 cm³/mol. The number of ether oxygens (including phenoxy) is 1. The van der Waals surface area contributed by atoms with Crippen LogP contribution in [0, 0.1) is 46.8 Å². The molecule has 6 heteroatoms. The first kappa shape index (κ1) is 19.4. The molecule has 2 unspecified atom stereocenters. The molecule has 0 aromatic carbocycles. The van der Waals surface area contributed by atoms with Gasteiger partial charge >= 0.3 is 0 Å². The first-order valence-corrected chi connectivity index (χ1v) is 12.1. The fraction of sp³-hybridized carbons (Fsp3) is 0.875. The molecule has 0 bridgehead atoms. The summed E-state index contributed by atoms with van der Waals surface area (Å²) in [6.07, 6.45) is 12.8. The van der Waals surface area contributed by atoms with Crippen LogP contribution in [0.2, 0.25) is 0 Å². The summed E-state index contributed by atoms with van der Waals surface area (Å²) < 4.78 is 7.35. The molecule has 1 aromatic heterocycles. The van der Waals surface area contributed by atoms with Crippen molar-refractivity contribution in [1.82, 2.24) is 15.0 Å². The standard InChI is InChI=1S/C24H35N3O3/c1-23-9-7-14-15-8-10-24(29)21(22(24)30-2)17(15)4-3-16(14)18(23)5-6-19(23)20(28)13-27-12-11-25-26-27/h11-12,14-19,21-22,29H,3-10,13H2,1-2H3/t14-,15-,16-,17+,18+,19-,21?,22?,23+,24-/m1/s1. The van der Waals surface area contributed by atoms with Crippen molar-refractivity contribution in [3.05, 3.63) is 12.4 Å². The van der Waals surface area contributed by atoms with Crippen LogP contribution >= 0.6 is 0 Å². The third-order valence-corrected chi connectivity index (χ3v) is 10.5. The second-order valence-corrected chi connectivity index (χ2v) is 11.3. The molecule has 5 aliphatic carbocycles. The number of carbonyl (C=O) groups is 1. The molecule has 0 radical (unpaired) electrons. The van der Waals surface area contributed by atoms with E-state index in [0.717, 1.165) is 37.0 Å². The maximum absolute atomic E-state index is 13.2. The van der Waals surface area contributed by atoms with Gasteiger partial charge in [0.2, 0.25) is 0 Å². The highest BCUT2D eigenvalue weighted by molar-refractivity contribution is 5.82. The number of aliphatic hydroxyl groups is 1. The number of Topliss-reactive ketones (excluding diaryl/α,β-unsaturated/α-hetero) is 1. The quantitative estimate of drug-likeness (QED) is 0.821. The van der Waals surface area contributed by atoms with E-state index in [2.05, 4.69) is 17.2 Å². The molecule has 0 amide bonds. The van der Waals surface area contributed by atoms with E-state index in [9.17, 15) is 9.90 Å². The number of hydrogen-bond acceptors (Lipinski definition) is 5. The van der Waals surface area contributed by atoms with Crippen molar-refractivity contribution in [2.24, 2.45) is 46.8 Å². The van der Waals surface area contributed by atoms with Crippen molar-refractivity contribution < 1.29 is 14.6 Å². The van der Waals surface area contributed by atoms with Crippen LogP contribution in [0.25, 0.3) is 0 Å². The number of ketones is 1. The lowest BCUT2D eigenvalue weighted by atomic mass is 9.49. The number of rotatable bonds is 4. The average Bonchev–Trinajstić information content (AvgIpc) is 3.04.